The van der Waals surface area contributed by atoms with Gasteiger partial charge in [0, 0.05) is 46.0 Å². The van der Waals surface area contributed by atoms with Crippen LogP contribution in [0.4, 0.5) is 0 Å². The van der Waals surface area contributed by atoms with Crippen molar-refractivity contribution >= 4 is 23.9 Å². The Morgan fingerprint density at radius 1 is 1.07 bits per heavy atom. The van der Waals surface area contributed by atoms with Crippen LogP contribution in [-0.4, -0.2) is 96.3 Å². The highest BCUT2D eigenvalue weighted by Crippen LogP contribution is 2.58. The predicted molar refractivity (Wildman–Crippen MR) is 166 cm³/mol. The summed E-state index contributed by atoms with van der Waals surface area (Å²) in [5, 5.41) is 13.9. The van der Waals surface area contributed by atoms with Gasteiger partial charge in [0.05, 0.1) is 13.2 Å². The van der Waals surface area contributed by atoms with Gasteiger partial charge in [0.15, 0.2) is 11.8 Å². The lowest BCUT2D eigenvalue weighted by Gasteiger charge is -2.48. The minimum atomic E-state index is -1.30. The minimum absolute atomic E-state index is 0.0523. The van der Waals surface area contributed by atoms with Crippen LogP contribution in [0.3, 0.4) is 0 Å². The van der Waals surface area contributed by atoms with E-state index in [-0.39, 0.29) is 37.9 Å². The van der Waals surface area contributed by atoms with E-state index in [2.05, 4.69) is 19.2 Å². The van der Waals surface area contributed by atoms with Crippen LogP contribution in [0.2, 0.25) is 0 Å². The fourth-order valence-corrected chi connectivity index (χ4v) is 7.35. The van der Waals surface area contributed by atoms with Gasteiger partial charge in [0.2, 0.25) is 11.8 Å². The molecule has 248 valence electrons. The quantitative estimate of drug-likeness (QED) is 0.171. The van der Waals surface area contributed by atoms with Crippen molar-refractivity contribution in [3.8, 4) is 0 Å². The number of amides is 2. The molecule has 3 saturated heterocycles. The van der Waals surface area contributed by atoms with Crippen molar-refractivity contribution in [2.24, 2.45) is 5.41 Å². The highest BCUT2D eigenvalue weighted by atomic mass is 16.8. The fourth-order valence-electron chi connectivity index (χ4n) is 7.35. The number of carbonyl (C=O) groups is 3. The molecule has 1 aliphatic carbocycles. The number of aliphatic hydroxyl groups is 1. The number of fused-ring (bicyclic) bond motifs is 4. The van der Waals surface area contributed by atoms with E-state index in [4.69, 9.17) is 19.0 Å². The molecule has 2 bridgehead atoms. The summed E-state index contributed by atoms with van der Waals surface area (Å²) < 4.78 is 19.7. The third-order valence-electron chi connectivity index (χ3n) is 9.62. The normalized spacial score (nSPS) is 29.9. The first-order valence-electron chi connectivity index (χ1n) is 16.6. The van der Waals surface area contributed by atoms with Crippen LogP contribution < -0.4 is 5.32 Å². The SMILES string of the molecule is CCCCCC1(CCCCC)O[C@@H]2[C@H](O1)[C@H]1ON(Cc3ccccc3C=CC(=O)N(C)C)[C@H]3C(=O)O[C@@H]2C[C@@]13C(=O)NCCO. The Balaban J connectivity index is 1.50. The number of rotatable bonds is 15. The number of ether oxygens (including phenoxy) is 3. The minimum Gasteiger partial charge on any atom is -0.458 e. The lowest BCUT2D eigenvalue weighted by molar-refractivity contribution is -0.224. The Hall–Kier alpha value is -2.83. The van der Waals surface area contributed by atoms with E-state index in [0.29, 0.717) is 12.8 Å². The summed E-state index contributed by atoms with van der Waals surface area (Å²) in [7, 11) is 3.37. The van der Waals surface area contributed by atoms with Gasteiger partial charge < -0.3 is 29.5 Å². The zero-order chi connectivity index (χ0) is 32.2. The van der Waals surface area contributed by atoms with E-state index in [1.54, 1.807) is 25.2 Å². The maximum absolute atomic E-state index is 14.1. The number of benzene rings is 1. The average Bonchev–Trinajstić information content (AvgIpc) is 3.58. The van der Waals surface area contributed by atoms with Crippen LogP contribution in [0.15, 0.2) is 30.3 Å². The van der Waals surface area contributed by atoms with Crippen molar-refractivity contribution in [3.63, 3.8) is 0 Å². The van der Waals surface area contributed by atoms with Crippen molar-refractivity contribution in [1.82, 2.24) is 15.3 Å². The predicted octanol–water partition coefficient (Wildman–Crippen LogP) is 3.34. The largest absolute Gasteiger partial charge is 0.458 e. The second-order valence-electron chi connectivity index (χ2n) is 13.0. The molecule has 6 atom stereocenters. The molecule has 0 spiro atoms. The standard InChI is InChI=1S/C34H49N3O8/c1-5-7-11-17-33(18-12-8-6-2)43-27-25-21-34(32(41)35-19-20-38)29(31(40)42-25)37(45-30(34)28(27)44-33)22-24-14-10-9-13-23(24)15-16-26(39)36(3)4/h9-10,13-16,25,27-30,38H,5-8,11-12,17-22H2,1-4H3,(H,35,41)/t25-,27+,28+,29+,30-,34+/m1/s1. The molecule has 0 unspecified atom stereocenters. The van der Waals surface area contributed by atoms with E-state index in [1.807, 2.05) is 24.3 Å². The molecule has 11 heteroatoms. The van der Waals surface area contributed by atoms with Crippen LogP contribution in [0.1, 0.15) is 82.8 Å². The van der Waals surface area contributed by atoms with Gasteiger partial charge in [0.25, 0.3) is 0 Å². The van der Waals surface area contributed by atoms with Gasteiger partial charge in [-0.05, 0) is 30.0 Å². The molecular formula is C34H49N3O8. The third-order valence-corrected chi connectivity index (χ3v) is 9.62. The summed E-state index contributed by atoms with van der Waals surface area (Å²) >= 11 is 0. The molecule has 3 heterocycles. The Morgan fingerprint density at radius 2 is 1.76 bits per heavy atom. The van der Waals surface area contributed by atoms with Gasteiger partial charge in [-0.2, -0.15) is 5.06 Å². The summed E-state index contributed by atoms with van der Waals surface area (Å²) in [6.45, 7) is 4.31. The molecule has 1 saturated carbocycles. The second-order valence-corrected chi connectivity index (χ2v) is 13.0. The number of hydrogen-bond donors (Lipinski definition) is 2. The van der Waals surface area contributed by atoms with Crippen LogP contribution in [0, 0.1) is 5.41 Å². The smallest absolute Gasteiger partial charge is 0.327 e. The van der Waals surface area contributed by atoms with Gasteiger partial charge in [0.1, 0.15) is 29.8 Å². The topological polar surface area (TPSA) is 127 Å². The number of unbranched alkanes of at least 4 members (excludes halogenated alkanes) is 4. The highest BCUT2D eigenvalue weighted by Gasteiger charge is 2.76. The Labute approximate surface area is 266 Å². The molecule has 1 aromatic carbocycles. The lowest BCUT2D eigenvalue weighted by atomic mass is 9.62. The molecule has 11 nitrogen and oxygen atoms in total. The Bertz CT molecular complexity index is 1240. The summed E-state index contributed by atoms with van der Waals surface area (Å²) in [4.78, 5) is 48.4. The number of nitrogens with one attached hydrogen (secondary N) is 1. The summed E-state index contributed by atoms with van der Waals surface area (Å²) in [6.07, 6.45) is 8.36. The number of aliphatic hydroxyl groups excluding tert-OH is 1. The molecule has 4 fully saturated rings. The van der Waals surface area contributed by atoms with Gasteiger partial charge in [-0.3, -0.25) is 19.2 Å². The molecule has 0 aromatic heterocycles. The van der Waals surface area contributed by atoms with Crippen molar-refractivity contribution in [3.05, 3.63) is 41.5 Å². The van der Waals surface area contributed by atoms with E-state index in [1.165, 1.54) is 11.0 Å². The molecule has 2 N–H and O–H groups in total. The lowest BCUT2D eigenvalue weighted by Crippen LogP contribution is -2.69. The molecular weight excluding hydrogens is 578 g/mol. The molecule has 3 aliphatic heterocycles. The first-order valence-corrected chi connectivity index (χ1v) is 16.6. The molecule has 0 radical (unpaired) electrons. The zero-order valence-corrected chi connectivity index (χ0v) is 27.0. The maximum atomic E-state index is 14.1. The average molecular weight is 628 g/mol. The van der Waals surface area contributed by atoms with Crippen LogP contribution >= 0.6 is 0 Å². The first-order chi connectivity index (χ1) is 21.7. The van der Waals surface area contributed by atoms with Gasteiger partial charge in [-0.25, -0.2) is 0 Å². The van der Waals surface area contributed by atoms with Crippen LogP contribution in [0.25, 0.3) is 6.08 Å². The molecule has 1 aromatic rings. The summed E-state index contributed by atoms with van der Waals surface area (Å²) in [6, 6.07) is 6.53. The van der Waals surface area contributed by atoms with E-state index < -0.39 is 47.6 Å². The highest BCUT2D eigenvalue weighted by molar-refractivity contribution is 5.94. The van der Waals surface area contributed by atoms with Crippen molar-refractivity contribution in [2.45, 2.75) is 114 Å². The first kappa shape index (κ1) is 33.5. The van der Waals surface area contributed by atoms with E-state index in [0.717, 1.165) is 49.7 Å². The number of hydrogen-bond acceptors (Lipinski definition) is 9. The van der Waals surface area contributed by atoms with Gasteiger partial charge in [-0.1, -0.05) is 63.8 Å². The monoisotopic (exact) mass is 627 g/mol. The zero-order valence-electron chi connectivity index (χ0n) is 27.0. The fraction of sp³-hybridized carbons (Fsp3) is 0.676. The van der Waals surface area contributed by atoms with Crippen molar-refractivity contribution < 1.29 is 38.5 Å². The van der Waals surface area contributed by atoms with Crippen molar-refractivity contribution in [1.29, 1.82) is 0 Å². The van der Waals surface area contributed by atoms with Gasteiger partial charge >= 0.3 is 5.97 Å². The van der Waals surface area contributed by atoms with Gasteiger partial charge in [-0.15, -0.1) is 0 Å². The second kappa shape index (κ2) is 14.3. The maximum Gasteiger partial charge on any atom is 0.327 e. The van der Waals surface area contributed by atoms with Crippen molar-refractivity contribution in [2.75, 3.05) is 27.2 Å². The Kier molecular flexibility index (Phi) is 10.7. The summed E-state index contributed by atoms with van der Waals surface area (Å²) in [5.74, 6) is -1.90. The Morgan fingerprint density at radius 3 is 2.42 bits per heavy atom. The number of nitrogens with zero attached hydrogens (tertiary/aromatic N) is 2. The molecule has 5 rings (SSSR count). The van der Waals surface area contributed by atoms with Crippen LogP contribution in [0.5, 0.6) is 0 Å². The number of likely N-dealkylation sites (N-methyl/N-ethyl adjacent to an activating group) is 1. The number of esters is 1. The van der Waals surface area contributed by atoms with Crippen LogP contribution in [-0.2, 0) is 40.0 Å². The summed E-state index contributed by atoms with van der Waals surface area (Å²) in [5.41, 5.74) is 0.304. The molecule has 4 aliphatic rings. The van der Waals surface area contributed by atoms with E-state index in [9.17, 15) is 19.5 Å². The molecule has 2 amide bonds. The molecule has 45 heavy (non-hydrogen) atoms. The number of hydroxylamine groups is 2. The number of carbonyl (C=O) groups excluding carboxylic acids is 3. The third kappa shape index (κ3) is 6.55. The van der Waals surface area contributed by atoms with E-state index >= 15 is 0 Å².